The van der Waals surface area contributed by atoms with Crippen LogP contribution < -0.4 is 5.32 Å². The van der Waals surface area contributed by atoms with Crippen molar-refractivity contribution in [1.29, 1.82) is 0 Å². The zero-order valence-corrected chi connectivity index (χ0v) is 15.7. The Morgan fingerprint density at radius 1 is 1.22 bits per heavy atom. The van der Waals surface area contributed by atoms with Crippen molar-refractivity contribution in [2.75, 3.05) is 13.2 Å². The molecule has 7 nitrogen and oxygen atoms in total. The molecule has 0 radical (unpaired) electrons. The zero-order valence-electron chi connectivity index (χ0n) is 15.7. The van der Waals surface area contributed by atoms with E-state index in [2.05, 4.69) is 10.4 Å². The van der Waals surface area contributed by atoms with Gasteiger partial charge in [0, 0.05) is 24.5 Å². The molecule has 27 heavy (non-hydrogen) atoms. The van der Waals surface area contributed by atoms with Crippen molar-refractivity contribution in [1.82, 2.24) is 15.1 Å². The van der Waals surface area contributed by atoms with Crippen LogP contribution in [-0.2, 0) is 20.7 Å². The highest BCUT2D eigenvalue weighted by atomic mass is 16.5. The van der Waals surface area contributed by atoms with Crippen molar-refractivity contribution in [3.05, 3.63) is 47.3 Å². The van der Waals surface area contributed by atoms with Gasteiger partial charge in [0.25, 0.3) is 0 Å². The standard InChI is InChI=1S/C20H25N3O4/c1-14-17(15(2)23(22-14)16-6-4-3-5-7-16)12-18(24)21-20(13-19(25)26)8-10-27-11-9-20/h3-7H,8-13H2,1-2H3,(H,21,24)(H,25,26). The minimum absolute atomic E-state index is 0.0939. The summed E-state index contributed by atoms with van der Waals surface area (Å²) in [6.45, 7) is 4.74. The fraction of sp³-hybridized carbons (Fsp3) is 0.450. The first kappa shape index (κ1) is 19.1. The second-order valence-electron chi connectivity index (χ2n) is 7.08. The number of nitrogens with zero attached hydrogens (tertiary/aromatic N) is 2. The Bertz CT molecular complexity index is 823. The van der Waals surface area contributed by atoms with Crippen LogP contribution in [-0.4, -0.2) is 45.5 Å². The van der Waals surface area contributed by atoms with Crippen molar-refractivity contribution in [3.63, 3.8) is 0 Å². The highest BCUT2D eigenvalue weighted by Gasteiger charge is 2.36. The van der Waals surface area contributed by atoms with Gasteiger partial charge < -0.3 is 15.2 Å². The number of aromatic nitrogens is 2. The third-order valence-corrected chi connectivity index (χ3v) is 5.12. The fourth-order valence-corrected chi connectivity index (χ4v) is 3.65. The molecule has 7 heteroatoms. The van der Waals surface area contributed by atoms with Crippen molar-refractivity contribution < 1.29 is 19.4 Å². The Morgan fingerprint density at radius 3 is 2.52 bits per heavy atom. The van der Waals surface area contributed by atoms with Crippen molar-refractivity contribution in [3.8, 4) is 5.69 Å². The number of aliphatic carboxylic acids is 1. The first-order chi connectivity index (χ1) is 12.9. The Morgan fingerprint density at radius 2 is 1.89 bits per heavy atom. The summed E-state index contributed by atoms with van der Waals surface area (Å²) in [6.07, 6.45) is 1.09. The topological polar surface area (TPSA) is 93.5 Å². The van der Waals surface area contributed by atoms with E-state index in [-0.39, 0.29) is 18.7 Å². The lowest BCUT2D eigenvalue weighted by Gasteiger charge is -2.36. The summed E-state index contributed by atoms with van der Waals surface area (Å²) in [7, 11) is 0. The van der Waals surface area contributed by atoms with Crippen LogP contribution in [0.2, 0.25) is 0 Å². The number of benzene rings is 1. The predicted molar refractivity (Wildman–Crippen MR) is 99.9 cm³/mol. The Kier molecular flexibility index (Phi) is 5.60. The molecular formula is C20H25N3O4. The van der Waals surface area contributed by atoms with E-state index in [0.29, 0.717) is 26.1 Å². The normalized spacial score (nSPS) is 16.1. The molecule has 2 aromatic rings. The van der Waals surface area contributed by atoms with Crippen LogP contribution >= 0.6 is 0 Å². The summed E-state index contributed by atoms with van der Waals surface area (Å²) >= 11 is 0. The summed E-state index contributed by atoms with van der Waals surface area (Å²) in [5.41, 5.74) is 2.78. The average molecular weight is 371 g/mol. The molecule has 1 amide bonds. The van der Waals surface area contributed by atoms with Gasteiger partial charge >= 0.3 is 5.97 Å². The van der Waals surface area contributed by atoms with Gasteiger partial charge in [0.05, 0.1) is 29.8 Å². The molecule has 2 N–H and O–H groups in total. The van der Waals surface area contributed by atoms with Crippen molar-refractivity contribution >= 4 is 11.9 Å². The van der Waals surface area contributed by atoms with E-state index in [1.54, 1.807) is 0 Å². The summed E-state index contributed by atoms with van der Waals surface area (Å²) in [5, 5.41) is 16.8. The van der Waals surface area contributed by atoms with Gasteiger partial charge in [-0.1, -0.05) is 18.2 Å². The van der Waals surface area contributed by atoms with Gasteiger partial charge in [-0.2, -0.15) is 5.10 Å². The van der Waals surface area contributed by atoms with Gasteiger partial charge in [0.15, 0.2) is 0 Å². The molecule has 0 unspecified atom stereocenters. The maximum atomic E-state index is 12.7. The largest absolute Gasteiger partial charge is 0.481 e. The second-order valence-corrected chi connectivity index (χ2v) is 7.08. The molecule has 0 saturated carbocycles. The first-order valence-corrected chi connectivity index (χ1v) is 9.11. The maximum absolute atomic E-state index is 12.7. The molecule has 144 valence electrons. The summed E-state index contributed by atoms with van der Waals surface area (Å²) in [5.74, 6) is -1.10. The van der Waals surface area contributed by atoms with Gasteiger partial charge in [-0.3, -0.25) is 9.59 Å². The predicted octanol–water partition coefficient (Wildman–Crippen LogP) is 2.17. The molecule has 2 heterocycles. The third-order valence-electron chi connectivity index (χ3n) is 5.12. The van der Waals surface area contributed by atoms with E-state index in [1.165, 1.54) is 0 Å². The number of carboxylic acid groups (broad SMARTS) is 1. The molecule has 1 aromatic carbocycles. The van der Waals surface area contributed by atoms with Crippen LogP contribution in [0.5, 0.6) is 0 Å². The van der Waals surface area contributed by atoms with E-state index in [0.717, 1.165) is 22.6 Å². The molecule has 3 rings (SSSR count). The molecule has 0 bridgehead atoms. The number of carbonyl (C=O) groups excluding carboxylic acids is 1. The number of nitrogens with one attached hydrogen (secondary N) is 1. The lowest BCUT2D eigenvalue weighted by atomic mass is 9.86. The van der Waals surface area contributed by atoms with E-state index in [4.69, 9.17) is 4.74 Å². The molecule has 0 atom stereocenters. The second kappa shape index (κ2) is 7.92. The summed E-state index contributed by atoms with van der Waals surface area (Å²) in [4.78, 5) is 24.0. The van der Waals surface area contributed by atoms with Crippen LogP contribution in [0.1, 0.15) is 36.2 Å². The Hall–Kier alpha value is -2.67. The van der Waals surface area contributed by atoms with Gasteiger partial charge in [-0.25, -0.2) is 4.68 Å². The Labute approximate surface area is 158 Å². The van der Waals surface area contributed by atoms with Crippen molar-refractivity contribution in [2.45, 2.75) is 45.1 Å². The lowest BCUT2D eigenvalue weighted by Crippen LogP contribution is -2.53. The molecular weight excluding hydrogens is 346 g/mol. The number of rotatable bonds is 6. The van der Waals surface area contributed by atoms with E-state index >= 15 is 0 Å². The number of amides is 1. The fourth-order valence-electron chi connectivity index (χ4n) is 3.65. The quantitative estimate of drug-likeness (QED) is 0.812. The van der Waals surface area contributed by atoms with E-state index in [1.807, 2.05) is 48.9 Å². The van der Waals surface area contributed by atoms with Crippen LogP contribution in [0.3, 0.4) is 0 Å². The Balaban J connectivity index is 1.77. The molecule has 0 aliphatic carbocycles. The van der Waals surface area contributed by atoms with Crippen LogP contribution in [0, 0.1) is 13.8 Å². The van der Waals surface area contributed by atoms with Gasteiger partial charge in [-0.15, -0.1) is 0 Å². The highest BCUT2D eigenvalue weighted by molar-refractivity contribution is 5.81. The number of carboxylic acids is 1. The van der Waals surface area contributed by atoms with Crippen LogP contribution in [0.4, 0.5) is 0 Å². The summed E-state index contributed by atoms with van der Waals surface area (Å²) in [6, 6.07) is 9.76. The maximum Gasteiger partial charge on any atom is 0.305 e. The molecule has 1 aromatic heterocycles. The summed E-state index contributed by atoms with van der Waals surface area (Å²) < 4.78 is 7.17. The first-order valence-electron chi connectivity index (χ1n) is 9.11. The molecule has 1 aliphatic rings. The number of ether oxygens (including phenoxy) is 1. The molecule has 1 fully saturated rings. The van der Waals surface area contributed by atoms with Gasteiger partial charge in [0.2, 0.25) is 5.91 Å². The minimum Gasteiger partial charge on any atom is -0.481 e. The van der Waals surface area contributed by atoms with E-state index in [9.17, 15) is 14.7 Å². The third kappa shape index (κ3) is 4.36. The lowest BCUT2D eigenvalue weighted by molar-refractivity contribution is -0.140. The smallest absolute Gasteiger partial charge is 0.305 e. The number of carbonyl (C=O) groups is 2. The number of hydrogen-bond donors (Lipinski definition) is 2. The molecule has 1 aliphatic heterocycles. The number of aryl methyl sites for hydroxylation is 1. The minimum atomic E-state index is -0.915. The number of hydrogen-bond acceptors (Lipinski definition) is 4. The zero-order chi connectivity index (χ0) is 19.4. The highest BCUT2D eigenvalue weighted by Crippen LogP contribution is 2.25. The van der Waals surface area contributed by atoms with Gasteiger partial charge in [-0.05, 0) is 38.8 Å². The van der Waals surface area contributed by atoms with Crippen LogP contribution in [0.25, 0.3) is 5.69 Å². The molecule has 1 saturated heterocycles. The number of para-hydroxylation sites is 1. The monoisotopic (exact) mass is 371 g/mol. The van der Waals surface area contributed by atoms with E-state index < -0.39 is 11.5 Å². The van der Waals surface area contributed by atoms with Crippen molar-refractivity contribution in [2.24, 2.45) is 0 Å². The SMILES string of the molecule is Cc1nn(-c2ccccc2)c(C)c1CC(=O)NC1(CC(=O)O)CCOCC1. The average Bonchev–Trinajstić information content (AvgIpc) is 2.90. The van der Waals surface area contributed by atoms with Gasteiger partial charge in [0.1, 0.15) is 0 Å². The van der Waals surface area contributed by atoms with Crippen LogP contribution in [0.15, 0.2) is 30.3 Å². The molecule has 0 spiro atoms.